The predicted molar refractivity (Wildman–Crippen MR) is 113 cm³/mol. The van der Waals surface area contributed by atoms with Gasteiger partial charge in [-0.15, -0.1) is 0 Å². The van der Waals surface area contributed by atoms with Gasteiger partial charge in [-0.3, -0.25) is 14.9 Å². The van der Waals surface area contributed by atoms with Crippen LogP contribution in [0.2, 0.25) is 0 Å². The molecule has 0 amide bonds. The van der Waals surface area contributed by atoms with E-state index in [-0.39, 0.29) is 39.8 Å². The molecule has 0 bridgehead atoms. The van der Waals surface area contributed by atoms with E-state index >= 15 is 0 Å². The van der Waals surface area contributed by atoms with Crippen molar-refractivity contribution in [1.29, 1.82) is 0 Å². The Labute approximate surface area is 174 Å². The van der Waals surface area contributed by atoms with Crippen LogP contribution in [-0.2, 0) is 0 Å². The van der Waals surface area contributed by atoms with Gasteiger partial charge in [-0.25, -0.2) is 4.79 Å². The van der Waals surface area contributed by atoms with Crippen LogP contribution >= 0.6 is 0 Å². The smallest absolute Gasteiger partial charge is 0.343 e. The van der Waals surface area contributed by atoms with Crippen molar-refractivity contribution in [2.24, 2.45) is 0 Å². The molecule has 0 aromatic heterocycles. The highest BCUT2D eigenvalue weighted by atomic mass is 16.6. The van der Waals surface area contributed by atoms with Gasteiger partial charge in [0.25, 0.3) is 5.69 Å². The van der Waals surface area contributed by atoms with Gasteiger partial charge in [0.2, 0.25) is 0 Å². The largest absolute Gasteiger partial charge is 0.422 e. The summed E-state index contributed by atoms with van der Waals surface area (Å²) in [7, 11) is 0. The summed E-state index contributed by atoms with van der Waals surface area (Å²) in [4.78, 5) is 37.3. The maximum atomic E-state index is 13.3. The van der Waals surface area contributed by atoms with E-state index in [4.69, 9.17) is 4.74 Å². The molecule has 0 aliphatic heterocycles. The summed E-state index contributed by atoms with van der Waals surface area (Å²) >= 11 is 0. The van der Waals surface area contributed by atoms with Crippen LogP contribution in [0.15, 0.2) is 66.7 Å². The van der Waals surface area contributed by atoms with Gasteiger partial charge in [0.05, 0.1) is 21.6 Å². The molecule has 6 nitrogen and oxygen atoms in total. The first-order chi connectivity index (χ1) is 14.3. The second-order valence-electron chi connectivity index (χ2n) is 7.19. The zero-order valence-corrected chi connectivity index (χ0v) is 16.9. The molecule has 6 heteroatoms. The number of nitro groups is 1. The third-order valence-corrected chi connectivity index (χ3v) is 4.74. The average Bonchev–Trinajstić information content (AvgIpc) is 2.74. The summed E-state index contributed by atoms with van der Waals surface area (Å²) in [5.74, 6) is -1.45. The minimum Gasteiger partial charge on any atom is -0.422 e. The van der Waals surface area contributed by atoms with Crippen molar-refractivity contribution in [2.45, 2.75) is 26.7 Å². The van der Waals surface area contributed by atoms with Gasteiger partial charge in [0, 0.05) is 11.6 Å². The Morgan fingerprint density at radius 1 is 0.933 bits per heavy atom. The summed E-state index contributed by atoms with van der Waals surface area (Å²) in [6, 6.07) is 18.2. The van der Waals surface area contributed by atoms with E-state index in [1.807, 2.05) is 0 Å². The van der Waals surface area contributed by atoms with Gasteiger partial charge in [-0.2, -0.15) is 0 Å². The molecule has 30 heavy (non-hydrogen) atoms. The van der Waals surface area contributed by atoms with Crippen LogP contribution < -0.4 is 4.74 Å². The molecule has 3 aromatic rings. The standard InChI is InChI=1S/C24H21NO5/c1-15(2)20-19(25(28)29)14-16(3)21(22(26)17-10-6-4-7-11-17)23(20)30-24(27)18-12-8-5-9-13-18/h4-15H,1-3H3. The molecule has 0 saturated heterocycles. The molecule has 0 heterocycles. The Kier molecular flexibility index (Phi) is 6.06. The highest BCUT2D eigenvalue weighted by Gasteiger charge is 2.31. The number of benzene rings is 3. The lowest BCUT2D eigenvalue weighted by molar-refractivity contribution is -0.385. The van der Waals surface area contributed by atoms with E-state index in [0.29, 0.717) is 11.1 Å². The Morgan fingerprint density at radius 3 is 1.97 bits per heavy atom. The molecule has 0 aliphatic carbocycles. The first-order valence-electron chi connectivity index (χ1n) is 9.50. The number of ether oxygens (including phenoxy) is 1. The van der Waals surface area contributed by atoms with E-state index in [1.165, 1.54) is 6.07 Å². The zero-order valence-electron chi connectivity index (χ0n) is 16.9. The predicted octanol–water partition coefficient (Wildman–Crippen LogP) is 5.48. The Balaban J connectivity index is 2.25. The van der Waals surface area contributed by atoms with Gasteiger partial charge < -0.3 is 4.74 Å². The van der Waals surface area contributed by atoms with Crippen LogP contribution in [0.25, 0.3) is 0 Å². The normalized spacial score (nSPS) is 10.7. The fraction of sp³-hybridized carbons (Fsp3) is 0.167. The summed E-state index contributed by atoms with van der Waals surface area (Å²) in [5.41, 5.74) is 1.25. The fourth-order valence-electron chi connectivity index (χ4n) is 3.34. The number of hydrogen-bond acceptors (Lipinski definition) is 5. The van der Waals surface area contributed by atoms with Gasteiger partial charge >= 0.3 is 5.97 Å². The number of nitro benzene ring substituents is 1. The monoisotopic (exact) mass is 403 g/mol. The highest BCUT2D eigenvalue weighted by Crippen LogP contribution is 2.41. The summed E-state index contributed by atoms with van der Waals surface area (Å²) < 4.78 is 5.67. The number of nitrogens with zero attached hydrogens (tertiary/aromatic N) is 1. The lowest BCUT2D eigenvalue weighted by Gasteiger charge is -2.19. The molecule has 0 unspecified atom stereocenters. The third-order valence-electron chi connectivity index (χ3n) is 4.74. The van der Waals surface area contributed by atoms with Crippen molar-refractivity contribution in [3.63, 3.8) is 0 Å². The van der Waals surface area contributed by atoms with Crippen LogP contribution in [-0.4, -0.2) is 16.7 Å². The molecular formula is C24H21NO5. The van der Waals surface area contributed by atoms with E-state index < -0.39 is 10.9 Å². The van der Waals surface area contributed by atoms with E-state index in [2.05, 4.69) is 0 Å². The van der Waals surface area contributed by atoms with Crippen LogP contribution in [0.5, 0.6) is 5.75 Å². The molecule has 3 rings (SSSR count). The molecule has 0 spiro atoms. The molecule has 152 valence electrons. The van der Waals surface area contributed by atoms with Gasteiger partial charge in [-0.1, -0.05) is 62.4 Å². The van der Waals surface area contributed by atoms with Crippen LogP contribution in [0.4, 0.5) is 5.69 Å². The number of aryl methyl sites for hydroxylation is 1. The summed E-state index contributed by atoms with van der Waals surface area (Å²) in [6.45, 7) is 5.12. The minimum atomic E-state index is -0.681. The number of rotatable bonds is 6. The summed E-state index contributed by atoms with van der Waals surface area (Å²) in [6.07, 6.45) is 0. The zero-order chi connectivity index (χ0) is 21.8. The van der Waals surface area contributed by atoms with Crippen molar-refractivity contribution >= 4 is 17.4 Å². The summed E-state index contributed by atoms with van der Waals surface area (Å²) in [5, 5.41) is 11.7. The van der Waals surface area contributed by atoms with Gasteiger partial charge in [0.15, 0.2) is 11.5 Å². The second-order valence-corrected chi connectivity index (χ2v) is 7.19. The Hall–Kier alpha value is -3.80. The highest BCUT2D eigenvalue weighted by molar-refractivity contribution is 6.12. The maximum absolute atomic E-state index is 13.3. The van der Waals surface area contributed by atoms with Crippen molar-refractivity contribution in [2.75, 3.05) is 0 Å². The van der Waals surface area contributed by atoms with E-state index in [1.54, 1.807) is 81.4 Å². The Morgan fingerprint density at radius 2 is 1.47 bits per heavy atom. The number of ketones is 1. The quantitative estimate of drug-likeness (QED) is 0.179. The molecule has 0 aliphatic rings. The number of esters is 1. The van der Waals surface area contributed by atoms with E-state index in [0.717, 1.165) is 0 Å². The van der Waals surface area contributed by atoms with Crippen molar-refractivity contribution in [1.82, 2.24) is 0 Å². The molecule has 0 saturated carbocycles. The Bertz CT molecular complexity index is 1110. The van der Waals surface area contributed by atoms with Crippen molar-refractivity contribution in [3.05, 3.63) is 105 Å². The van der Waals surface area contributed by atoms with Crippen LogP contribution in [0, 0.1) is 17.0 Å². The first kappa shape index (κ1) is 20.9. The number of carbonyl (C=O) groups is 2. The van der Waals surface area contributed by atoms with E-state index in [9.17, 15) is 19.7 Å². The second kappa shape index (κ2) is 8.69. The fourth-order valence-corrected chi connectivity index (χ4v) is 3.34. The lowest BCUT2D eigenvalue weighted by Crippen LogP contribution is -2.16. The molecule has 0 fully saturated rings. The molecule has 0 radical (unpaired) electrons. The van der Waals surface area contributed by atoms with Gasteiger partial charge in [0.1, 0.15) is 0 Å². The lowest BCUT2D eigenvalue weighted by atomic mass is 9.90. The average molecular weight is 403 g/mol. The van der Waals surface area contributed by atoms with Crippen molar-refractivity contribution in [3.8, 4) is 5.75 Å². The topological polar surface area (TPSA) is 86.5 Å². The molecular weight excluding hydrogens is 382 g/mol. The molecule has 3 aromatic carbocycles. The molecule has 0 atom stereocenters. The first-order valence-corrected chi connectivity index (χ1v) is 9.50. The van der Waals surface area contributed by atoms with Gasteiger partial charge in [-0.05, 0) is 30.5 Å². The third kappa shape index (κ3) is 4.12. The molecule has 0 N–H and O–H groups in total. The van der Waals surface area contributed by atoms with Crippen LogP contribution in [0.3, 0.4) is 0 Å². The maximum Gasteiger partial charge on any atom is 0.343 e. The van der Waals surface area contributed by atoms with Crippen molar-refractivity contribution < 1.29 is 19.2 Å². The minimum absolute atomic E-state index is 0.0561. The van der Waals surface area contributed by atoms with Crippen LogP contribution in [0.1, 0.15) is 57.2 Å². The number of carbonyl (C=O) groups excluding carboxylic acids is 2. The SMILES string of the molecule is Cc1cc([N+](=O)[O-])c(C(C)C)c(OC(=O)c2ccccc2)c1C(=O)c1ccccc1. The number of hydrogen-bond donors (Lipinski definition) is 0.